The van der Waals surface area contributed by atoms with Gasteiger partial charge >= 0.3 is 0 Å². The first-order chi connectivity index (χ1) is 7.70. The Hall–Kier alpha value is -1.06. The number of fused-ring (bicyclic) bond motifs is 1. The van der Waals surface area contributed by atoms with E-state index in [2.05, 4.69) is 11.4 Å². The lowest BCUT2D eigenvalue weighted by Gasteiger charge is -2.11. The van der Waals surface area contributed by atoms with Crippen molar-refractivity contribution < 1.29 is 4.79 Å². The van der Waals surface area contributed by atoms with Crippen LogP contribution in [0.3, 0.4) is 0 Å². The van der Waals surface area contributed by atoms with Gasteiger partial charge in [-0.1, -0.05) is 6.07 Å². The summed E-state index contributed by atoms with van der Waals surface area (Å²) in [7, 11) is 0. The molecule has 94 valence electrons. The Labute approximate surface area is 108 Å². The molecule has 0 heterocycles. The van der Waals surface area contributed by atoms with Crippen molar-refractivity contribution in [1.82, 2.24) is 5.32 Å². The van der Waals surface area contributed by atoms with Gasteiger partial charge < -0.3 is 11.1 Å². The normalized spacial score (nSPS) is 14.7. The fourth-order valence-electron chi connectivity index (χ4n) is 2.08. The number of hydrogen-bond acceptors (Lipinski definition) is 2. The molecule has 1 aromatic rings. The molecule has 1 aromatic carbocycles. The summed E-state index contributed by atoms with van der Waals surface area (Å²) in [4.78, 5) is 11.8. The van der Waals surface area contributed by atoms with Crippen LogP contribution in [0.15, 0.2) is 18.2 Å². The first-order valence-electron chi connectivity index (χ1n) is 5.83. The van der Waals surface area contributed by atoms with E-state index in [1.165, 1.54) is 17.5 Å². The second kappa shape index (κ2) is 6.03. The van der Waals surface area contributed by atoms with Crippen molar-refractivity contribution in [2.24, 2.45) is 5.73 Å². The average Bonchev–Trinajstić information content (AvgIpc) is 2.75. The molecule has 1 aliphatic rings. The van der Waals surface area contributed by atoms with Gasteiger partial charge in [-0.2, -0.15) is 0 Å². The average molecular weight is 255 g/mol. The monoisotopic (exact) mass is 254 g/mol. The highest BCUT2D eigenvalue weighted by molar-refractivity contribution is 5.94. The maximum absolute atomic E-state index is 11.8. The predicted molar refractivity (Wildman–Crippen MR) is 71.7 cm³/mol. The maximum atomic E-state index is 11.8. The van der Waals surface area contributed by atoms with Crippen LogP contribution in [0.1, 0.15) is 34.8 Å². The van der Waals surface area contributed by atoms with E-state index in [0.717, 1.165) is 18.4 Å². The van der Waals surface area contributed by atoms with Gasteiger partial charge in [-0.25, -0.2) is 0 Å². The highest BCUT2D eigenvalue weighted by Gasteiger charge is 2.14. The van der Waals surface area contributed by atoms with Crippen LogP contribution in [0.25, 0.3) is 0 Å². The number of benzene rings is 1. The number of nitrogens with one attached hydrogen (secondary N) is 1. The molecule has 0 saturated heterocycles. The van der Waals surface area contributed by atoms with Crippen molar-refractivity contribution in [3.8, 4) is 0 Å². The second-order valence-corrected chi connectivity index (χ2v) is 4.45. The first kappa shape index (κ1) is 14.0. The second-order valence-electron chi connectivity index (χ2n) is 4.45. The molecule has 0 aliphatic heterocycles. The summed E-state index contributed by atoms with van der Waals surface area (Å²) in [5.74, 6) is -0.0207. The van der Waals surface area contributed by atoms with Gasteiger partial charge in [0.05, 0.1) is 0 Å². The molecule has 0 spiro atoms. The molecule has 1 aliphatic carbocycles. The zero-order chi connectivity index (χ0) is 11.5. The first-order valence-corrected chi connectivity index (χ1v) is 5.83. The van der Waals surface area contributed by atoms with Crippen molar-refractivity contribution in [3.63, 3.8) is 0 Å². The minimum Gasteiger partial charge on any atom is -0.348 e. The van der Waals surface area contributed by atoms with E-state index < -0.39 is 0 Å². The molecule has 0 bridgehead atoms. The maximum Gasteiger partial charge on any atom is 0.251 e. The van der Waals surface area contributed by atoms with Crippen LogP contribution in [-0.4, -0.2) is 18.5 Å². The highest BCUT2D eigenvalue weighted by Crippen LogP contribution is 2.22. The van der Waals surface area contributed by atoms with Crippen LogP contribution in [-0.2, 0) is 12.8 Å². The fourth-order valence-corrected chi connectivity index (χ4v) is 2.08. The third kappa shape index (κ3) is 3.20. The number of hydrogen-bond donors (Lipinski definition) is 2. The quantitative estimate of drug-likeness (QED) is 0.862. The molecule has 3 N–H and O–H groups in total. The summed E-state index contributed by atoms with van der Waals surface area (Å²) in [5.41, 5.74) is 8.94. The minimum atomic E-state index is -0.0207. The molecule has 0 unspecified atom stereocenters. The largest absolute Gasteiger partial charge is 0.348 e. The Kier molecular flexibility index (Phi) is 4.97. The third-order valence-corrected chi connectivity index (χ3v) is 3.09. The lowest BCUT2D eigenvalue weighted by atomic mass is 10.1. The van der Waals surface area contributed by atoms with E-state index in [1.807, 2.05) is 19.1 Å². The smallest absolute Gasteiger partial charge is 0.251 e. The number of nitrogens with two attached hydrogens (primary N) is 1. The molecule has 0 radical (unpaired) electrons. The number of carbonyl (C=O) groups is 1. The van der Waals surface area contributed by atoms with Gasteiger partial charge in [0.15, 0.2) is 0 Å². The number of aryl methyl sites for hydroxylation is 2. The molecular formula is C13H19ClN2O. The summed E-state index contributed by atoms with van der Waals surface area (Å²) >= 11 is 0. The predicted octanol–water partition coefficient (Wildman–Crippen LogP) is 1.67. The number of rotatable bonds is 3. The van der Waals surface area contributed by atoms with Crippen molar-refractivity contribution in [2.45, 2.75) is 32.2 Å². The molecule has 3 nitrogen and oxygen atoms in total. The van der Waals surface area contributed by atoms with Crippen molar-refractivity contribution in [3.05, 3.63) is 34.9 Å². The summed E-state index contributed by atoms with van der Waals surface area (Å²) in [6, 6.07) is 6.02. The van der Waals surface area contributed by atoms with Gasteiger partial charge in [0.1, 0.15) is 0 Å². The third-order valence-electron chi connectivity index (χ3n) is 3.09. The number of halogens is 1. The van der Waals surface area contributed by atoms with Crippen LogP contribution in [0.5, 0.6) is 0 Å². The molecule has 0 fully saturated rings. The van der Waals surface area contributed by atoms with Crippen molar-refractivity contribution in [1.29, 1.82) is 0 Å². The summed E-state index contributed by atoms with van der Waals surface area (Å²) in [5, 5.41) is 2.87. The van der Waals surface area contributed by atoms with E-state index in [1.54, 1.807) is 0 Å². The Bertz CT molecular complexity index is 406. The number of amides is 1. The Morgan fingerprint density at radius 3 is 2.82 bits per heavy atom. The van der Waals surface area contributed by atoms with Gasteiger partial charge in [0.2, 0.25) is 0 Å². The fraction of sp³-hybridized carbons (Fsp3) is 0.462. The Morgan fingerprint density at radius 2 is 2.12 bits per heavy atom. The molecule has 17 heavy (non-hydrogen) atoms. The standard InChI is InChI=1S/C13H18N2O.ClH/c1-9(8-14)15-13(16)12-6-5-10-3-2-4-11(10)7-12;/h5-7,9H,2-4,8,14H2,1H3,(H,15,16);1H/t9-;/m1./s1. The van der Waals surface area contributed by atoms with Crippen molar-refractivity contribution >= 4 is 18.3 Å². The lowest BCUT2D eigenvalue weighted by Crippen LogP contribution is -2.37. The highest BCUT2D eigenvalue weighted by atomic mass is 35.5. The van der Waals surface area contributed by atoms with E-state index in [9.17, 15) is 4.79 Å². The van der Waals surface area contributed by atoms with Crippen LogP contribution in [0.2, 0.25) is 0 Å². The Balaban J connectivity index is 0.00000144. The summed E-state index contributed by atoms with van der Waals surface area (Å²) in [6.45, 7) is 2.38. The zero-order valence-electron chi connectivity index (χ0n) is 10.0. The van der Waals surface area contributed by atoms with Gasteiger partial charge in [0, 0.05) is 18.2 Å². The zero-order valence-corrected chi connectivity index (χ0v) is 10.8. The molecule has 1 atom stereocenters. The van der Waals surface area contributed by atoms with E-state index in [0.29, 0.717) is 6.54 Å². The van der Waals surface area contributed by atoms with Crippen LogP contribution >= 0.6 is 12.4 Å². The van der Waals surface area contributed by atoms with Crippen LogP contribution in [0, 0.1) is 0 Å². The molecule has 2 rings (SSSR count). The topological polar surface area (TPSA) is 55.1 Å². The molecule has 0 aromatic heterocycles. The number of carbonyl (C=O) groups excluding carboxylic acids is 1. The van der Waals surface area contributed by atoms with Crippen molar-refractivity contribution in [2.75, 3.05) is 6.54 Å². The summed E-state index contributed by atoms with van der Waals surface area (Å²) < 4.78 is 0. The van der Waals surface area contributed by atoms with Gasteiger partial charge in [-0.15, -0.1) is 12.4 Å². The lowest BCUT2D eigenvalue weighted by molar-refractivity contribution is 0.0941. The van der Waals surface area contributed by atoms with Gasteiger partial charge in [-0.3, -0.25) is 4.79 Å². The van der Waals surface area contributed by atoms with E-state index >= 15 is 0 Å². The van der Waals surface area contributed by atoms with E-state index in [4.69, 9.17) is 5.73 Å². The van der Waals surface area contributed by atoms with Crippen LogP contribution in [0.4, 0.5) is 0 Å². The molecule has 4 heteroatoms. The molecular weight excluding hydrogens is 236 g/mol. The van der Waals surface area contributed by atoms with E-state index in [-0.39, 0.29) is 24.4 Å². The van der Waals surface area contributed by atoms with Crippen LogP contribution < -0.4 is 11.1 Å². The van der Waals surface area contributed by atoms with Gasteiger partial charge in [-0.05, 0) is 49.4 Å². The molecule has 1 amide bonds. The minimum absolute atomic E-state index is 0. The summed E-state index contributed by atoms with van der Waals surface area (Å²) in [6.07, 6.45) is 3.46. The SMILES string of the molecule is C[C@H](CN)NC(=O)c1ccc2c(c1)CCC2.Cl. The molecule has 0 saturated carbocycles. The van der Waals surface area contributed by atoms with Gasteiger partial charge in [0.25, 0.3) is 5.91 Å². The Morgan fingerprint density at radius 1 is 1.41 bits per heavy atom.